The summed E-state index contributed by atoms with van der Waals surface area (Å²) < 4.78 is 5.27. The predicted molar refractivity (Wildman–Crippen MR) is 45.1 cm³/mol. The van der Waals surface area contributed by atoms with Crippen molar-refractivity contribution in [1.82, 2.24) is 0 Å². The topological polar surface area (TPSA) is 9.23 Å². The van der Waals surface area contributed by atoms with E-state index in [2.05, 4.69) is 18.2 Å². The van der Waals surface area contributed by atoms with Gasteiger partial charge in [-0.15, -0.1) is 0 Å². The van der Waals surface area contributed by atoms with Crippen molar-refractivity contribution in [2.45, 2.75) is 19.3 Å². The molecule has 0 atom stereocenters. The highest BCUT2D eigenvalue weighted by Gasteiger charge is 2.16. The normalized spacial score (nSPS) is 21.7. The molecule has 58 valence electrons. The molecule has 2 aliphatic carbocycles. The van der Waals surface area contributed by atoms with Gasteiger partial charge in [0.2, 0.25) is 0 Å². The van der Waals surface area contributed by atoms with E-state index in [0.717, 1.165) is 18.6 Å². The molecule has 0 unspecified atom stereocenters. The molecule has 0 fully saturated rings. The predicted octanol–water partition coefficient (Wildman–Crippen LogP) is 2.57. The second-order valence-electron chi connectivity index (χ2n) is 2.92. The van der Waals surface area contributed by atoms with Crippen molar-refractivity contribution < 1.29 is 4.74 Å². The summed E-state index contributed by atoms with van der Waals surface area (Å²) in [6.07, 6.45) is 10.0. The Bertz CT molecular complexity index is 256. The Labute approximate surface area is 67.1 Å². The molecule has 0 aromatic carbocycles. The Morgan fingerprint density at radius 2 is 2.36 bits per heavy atom. The smallest absolute Gasteiger partial charge is 0.118 e. The van der Waals surface area contributed by atoms with Crippen LogP contribution in [0.25, 0.3) is 0 Å². The summed E-state index contributed by atoms with van der Waals surface area (Å²) in [5.41, 5.74) is 2.88. The molecule has 11 heavy (non-hydrogen) atoms. The van der Waals surface area contributed by atoms with Crippen LogP contribution in [0.3, 0.4) is 0 Å². The third-order valence-corrected chi connectivity index (χ3v) is 2.29. The van der Waals surface area contributed by atoms with Gasteiger partial charge in [-0.05, 0) is 30.9 Å². The Morgan fingerprint density at radius 3 is 3.18 bits per heavy atom. The van der Waals surface area contributed by atoms with Crippen molar-refractivity contribution in [3.8, 4) is 0 Å². The molecule has 0 saturated heterocycles. The fraction of sp³-hybridized carbons (Fsp3) is 0.400. The van der Waals surface area contributed by atoms with E-state index in [0.29, 0.717) is 0 Å². The lowest BCUT2D eigenvalue weighted by Gasteiger charge is -2.14. The van der Waals surface area contributed by atoms with Crippen LogP contribution in [0, 0.1) is 0 Å². The van der Waals surface area contributed by atoms with Crippen LogP contribution >= 0.6 is 0 Å². The lowest BCUT2D eigenvalue weighted by molar-refractivity contribution is 0.295. The first-order chi connectivity index (χ1) is 5.42. The Balaban J connectivity index is 2.31. The van der Waals surface area contributed by atoms with E-state index in [9.17, 15) is 0 Å². The summed E-state index contributed by atoms with van der Waals surface area (Å²) in [7, 11) is 1.75. The molecule has 2 aliphatic rings. The van der Waals surface area contributed by atoms with Gasteiger partial charge < -0.3 is 4.74 Å². The van der Waals surface area contributed by atoms with Crippen LogP contribution in [-0.2, 0) is 4.74 Å². The van der Waals surface area contributed by atoms with Gasteiger partial charge in [-0.3, -0.25) is 0 Å². The van der Waals surface area contributed by atoms with Crippen molar-refractivity contribution in [2.24, 2.45) is 0 Å². The summed E-state index contributed by atoms with van der Waals surface area (Å²) in [6, 6.07) is 0. The molecule has 1 nitrogen and oxygen atoms in total. The van der Waals surface area contributed by atoms with Crippen molar-refractivity contribution in [2.75, 3.05) is 7.11 Å². The van der Waals surface area contributed by atoms with Gasteiger partial charge in [-0.1, -0.05) is 12.2 Å². The van der Waals surface area contributed by atoms with Gasteiger partial charge in [-0.2, -0.15) is 0 Å². The van der Waals surface area contributed by atoms with Gasteiger partial charge in [-0.25, -0.2) is 0 Å². The van der Waals surface area contributed by atoms with E-state index >= 15 is 0 Å². The maximum atomic E-state index is 5.27. The zero-order valence-electron chi connectivity index (χ0n) is 6.76. The van der Waals surface area contributed by atoms with Crippen LogP contribution in [0.1, 0.15) is 19.3 Å². The molecular formula is C10H12O. The van der Waals surface area contributed by atoms with Crippen molar-refractivity contribution in [3.63, 3.8) is 0 Å². The van der Waals surface area contributed by atoms with Gasteiger partial charge >= 0.3 is 0 Å². The molecular weight excluding hydrogens is 136 g/mol. The molecule has 0 radical (unpaired) electrons. The fourth-order valence-corrected chi connectivity index (χ4v) is 1.73. The third kappa shape index (κ3) is 1.01. The van der Waals surface area contributed by atoms with E-state index in [1.165, 1.54) is 17.6 Å². The molecule has 0 heterocycles. The molecule has 0 spiro atoms. The maximum absolute atomic E-state index is 5.27. The van der Waals surface area contributed by atoms with Crippen LogP contribution in [-0.4, -0.2) is 7.11 Å². The molecule has 0 aromatic rings. The van der Waals surface area contributed by atoms with Crippen molar-refractivity contribution in [1.29, 1.82) is 0 Å². The van der Waals surface area contributed by atoms with E-state index in [4.69, 9.17) is 4.74 Å². The first-order valence-corrected chi connectivity index (χ1v) is 4.05. The minimum Gasteiger partial charge on any atom is -0.497 e. The summed E-state index contributed by atoms with van der Waals surface area (Å²) in [5, 5.41) is 0. The monoisotopic (exact) mass is 148 g/mol. The summed E-state index contributed by atoms with van der Waals surface area (Å²) in [5.74, 6) is 1.09. The minimum absolute atomic E-state index is 1.06. The maximum Gasteiger partial charge on any atom is 0.118 e. The van der Waals surface area contributed by atoms with E-state index in [-0.39, 0.29) is 0 Å². The van der Waals surface area contributed by atoms with Gasteiger partial charge in [0, 0.05) is 5.57 Å². The number of allylic oxidation sites excluding steroid dienone is 5. The van der Waals surface area contributed by atoms with Gasteiger partial charge in [0.05, 0.1) is 7.11 Å². The molecule has 0 amide bonds. The van der Waals surface area contributed by atoms with Crippen LogP contribution in [0.4, 0.5) is 0 Å². The summed E-state index contributed by atoms with van der Waals surface area (Å²) >= 11 is 0. The second-order valence-corrected chi connectivity index (χ2v) is 2.92. The standard InChI is InChI=1S/C10H12O/c1-11-10-7-3-5-8-4-2-6-9(8)10/h2,4,7H,3,5-6H2,1H3. The van der Waals surface area contributed by atoms with Crippen LogP contribution in [0.5, 0.6) is 0 Å². The van der Waals surface area contributed by atoms with Gasteiger partial charge in [0.1, 0.15) is 5.76 Å². The highest BCUT2D eigenvalue weighted by molar-refractivity contribution is 5.45. The molecule has 0 bridgehead atoms. The molecule has 2 rings (SSSR count). The van der Waals surface area contributed by atoms with Crippen LogP contribution < -0.4 is 0 Å². The van der Waals surface area contributed by atoms with E-state index < -0.39 is 0 Å². The van der Waals surface area contributed by atoms with Gasteiger partial charge in [0.25, 0.3) is 0 Å². The Hall–Kier alpha value is -0.980. The molecule has 0 saturated carbocycles. The summed E-state index contributed by atoms with van der Waals surface area (Å²) in [4.78, 5) is 0. The lowest BCUT2D eigenvalue weighted by Crippen LogP contribution is -1.98. The number of hydrogen-bond donors (Lipinski definition) is 0. The zero-order valence-corrected chi connectivity index (χ0v) is 6.76. The second kappa shape index (κ2) is 2.57. The van der Waals surface area contributed by atoms with Crippen LogP contribution in [0.2, 0.25) is 0 Å². The molecule has 1 heteroatoms. The van der Waals surface area contributed by atoms with E-state index in [1.54, 1.807) is 7.11 Å². The fourth-order valence-electron chi connectivity index (χ4n) is 1.73. The summed E-state index contributed by atoms with van der Waals surface area (Å²) in [6.45, 7) is 0. The average molecular weight is 148 g/mol. The number of ether oxygens (including phenoxy) is 1. The molecule has 0 aliphatic heterocycles. The minimum atomic E-state index is 1.06. The highest BCUT2D eigenvalue weighted by Crippen LogP contribution is 2.32. The Kier molecular flexibility index (Phi) is 1.57. The number of methoxy groups -OCH3 is 1. The van der Waals surface area contributed by atoms with Gasteiger partial charge in [0.15, 0.2) is 0 Å². The average Bonchev–Trinajstić information content (AvgIpc) is 2.50. The SMILES string of the molecule is COC1=CCCC2=C1CC=C2. The van der Waals surface area contributed by atoms with E-state index in [1.807, 2.05) is 0 Å². The van der Waals surface area contributed by atoms with Crippen molar-refractivity contribution in [3.05, 3.63) is 35.1 Å². The lowest BCUT2D eigenvalue weighted by atomic mass is 9.98. The first kappa shape index (κ1) is 6.71. The van der Waals surface area contributed by atoms with Crippen molar-refractivity contribution >= 4 is 0 Å². The zero-order chi connectivity index (χ0) is 7.68. The first-order valence-electron chi connectivity index (χ1n) is 4.05. The van der Waals surface area contributed by atoms with Crippen LogP contribution in [0.15, 0.2) is 35.1 Å². The molecule has 0 N–H and O–H groups in total. The molecule has 0 aromatic heterocycles. The largest absolute Gasteiger partial charge is 0.497 e. The highest BCUT2D eigenvalue weighted by atomic mass is 16.5. The quantitative estimate of drug-likeness (QED) is 0.555. The third-order valence-electron chi connectivity index (χ3n) is 2.29. The number of hydrogen-bond acceptors (Lipinski definition) is 1. The Morgan fingerprint density at radius 1 is 1.45 bits per heavy atom. The number of rotatable bonds is 1.